The molecule has 1 saturated carbocycles. The minimum absolute atomic E-state index is 0.227. The molecule has 1 aliphatic carbocycles. The minimum Gasteiger partial charge on any atom is -0.342 e. The largest absolute Gasteiger partial charge is 0.342 e. The lowest BCUT2D eigenvalue weighted by atomic mass is 9.97. The van der Waals surface area contributed by atoms with E-state index in [1.165, 1.54) is 12.8 Å². The molecular formula is C12H22N2O. The molecule has 86 valence electrons. The van der Waals surface area contributed by atoms with Gasteiger partial charge >= 0.3 is 0 Å². The molecule has 1 heterocycles. The number of nitrogens with one attached hydrogen (secondary N) is 1. The average Bonchev–Trinajstić information content (AvgIpc) is 3.11. The first-order valence-electron chi connectivity index (χ1n) is 6.17. The second kappa shape index (κ2) is 4.52. The van der Waals surface area contributed by atoms with Crippen LogP contribution in [-0.4, -0.2) is 37.0 Å². The molecule has 0 bridgehead atoms. The number of carbonyl (C=O) groups excluding carboxylic acids is 1. The number of nitrogens with zero attached hydrogens (tertiary/aromatic N) is 1. The van der Waals surface area contributed by atoms with Crippen molar-refractivity contribution in [2.75, 3.05) is 20.1 Å². The average molecular weight is 210 g/mol. The molecule has 2 fully saturated rings. The first-order chi connectivity index (χ1) is 7.20. The molecule has 0 radical (unpaired) electrons. The van der Waals surface area contributed by atoms with Crippen LogP contribution in [-0.2, 0) is 4.79 Å². The van der Waals surface area contributed by atoms with Crippen molar-refractivity contribution in [2.24, 2.45) is 11.8 Å². The zero-order chi connectivity index (χ0) is 10.8. The van der Waals surface area contributed by atoms with Gasteiger partial charge in [-0.15, -0.1) is 0 Å². The van der Waals surface area contributed by atoms with Gasteiger partial charge in [-0.3, -0.25) is 4.79 Å². The molecule has 0 spiro atoms. The molecule has 1 N–H and O–H groups in total. The first-order valence-corrected chi connectivity index (χ1v) is 6.17. The highest BCUT2D eigenvalue weighted by atomic mass is 16.2. The van der Waals surface area contributed by atoms with Crippen molar-refractivity contribution in [3.63, 3.8) is 0 Å². The Labute approximate surface area is 92.2 Å². The summed E-state index contributed by atoms with van der Waals surface area (Å²) in [5.74, 6) is 1.35. The van der Waals surface area contributed by atoms with Gasteiger partial charge in [-0.2, -0.15) is 0 Å². The lowest BCUT2D eigenvalue weighted by Crippen LogP contribution is -2.45. The Balaban J connectivity index is 1.87. The fourth-order valence-electron chi connectivity index (χ4n) is 2.45. The second-order valence-corrected chi connectivity index (χ2v) is 5.07. The standard InChI is InChI=1S/C12H22N2O/c1-9(10-5-6-10)14(2)12(15)11-4-3-7-13-8-11/h9-11,13H,3-8H2,1-2H3/t9?,11-/m1/s1. The molecule has 2 rings (SSSR count). The summed E-state index contributed by atoms with van der Waals surface area (Å²) in [6.45, 7) is 4.14. The summed E-state index contributed by atoms with van der Waals surface area (Å²) in [6, 6.07) is 0.444. The van der Waals surface area contributed by atoms with Gasteiger partial charge in [0.1, 0.15) is 0 Å². The van der Waals surface area contributed by atoms with Crippen molar-refractivity contribution in [2.45, 2.75) is 38.6 Å². The molecule has 3 nitrogen and oxygen atoms in total. The number of amides is 1. The maximum atomic E-state index is 12.2. The molecule has 3 heteroatoms. The van der Waals surface area contributed by atoms with Crippen LogP contribution in [0.1, 0.15) is 32.6 Å². The predicted molar refractivity (Wildman–Crippen MR) is 60.5 cm³/mol. The van der Waals surface area contributed by atoms with Gasteiger partial charge in [0.05, 0.1) is 5.92 Å². The van der Waals surface area contributed by atoms with Gasteiger partial charge < -0.3 is 10.2 Å². The fraction of sp³-hybridized carbons (Fsp3) is 0.917. The van der Waals surface area contributed by atoms with Crippen LogP contribution < -0.4 is 5.32 Å². The molecule has 0 aromatic heterocycles. The van der Waals surface area contributed by atoms with Crippen LogP contribution in [0.4, 0.5) is 0 Å². The van der Waals surface area contributed by atoms with Crippen molar-refractivity contribution in [3.05, 3.63) is 0 Å². The molecule has 1 saturated heterocycles. The Bertz CT molecular complexity index is 232. The van der Waals surface area contributed by atoms with Crippen molar-refractivity contribution in [3.8, 4) is 0 Å². The highest BCUT2D eigenvalue weighted by Gasteiger charge is 2.34. The fourth-order valence-corrected chi connectivity index (χ4v) is 2.45. The van der Waals surface area contributed by atoms with E-state index in [1.807, 2.05) is 11.9 Å². The molecule has 1 unspecified atom stereocenters. The van der Waals surface area contributed by atoms with Crippen molar-refractivity contribution in [1.29, 1.82) is 0 Å². The van der Waals surface area contributed by atoms with Gasteiger partial charge in [0.15, 0.2) is 0 Å². The normalized spacial score (nSPS) is 28.5. The summed E-state index contributed by atoms with van der Waals surface area (Å²) in [6.07, 6.45) is 4.82. The van der Waals surface area contributed by atoms with Crippen LogP contribution in [0.15, 0.2) is 0 Å². The third kappa shape index (κ3) is 2.51. The van der Waals surface area contributed by atoms with Crippen molar-refractivity contribution in [1.82, 2.24) is 10.2 Å². The topological polar surface area (TPSA) is 32.3 Å². The number of rotatable bonds is 3. The van der Waals surface area contributed by atoms with Crippen LogP contribution in [0.2, 0.25) is 0 Å². The third-order valence-electron chi connectivity index (χ3n) is 3.91. The third-order valence-corrected chi connectivity index (χ3v) is 3.91. The Morgan fingerprint density at radius 1 is 1.40 bits per heavy atom. The number of carbonyl (C=O) groups is 1. The van der Waals surface area contributed by atoms with Gasteiger partial charge in [-0.05, 0) is 45.1 Å². The number of hydrogen-bond acceptors (Lipinski definition) is 2. The number of hydrogen-bond donors (Lipinski definition) is 1. The van der Waals surface area contributed by atoms with E-state index in [9.17, 15) is 4.79 Å². The Kier molecular flexibility index (Phi) is 3.29. The van der Waals surface area contributed by atoms with Crippen molar-refractivity contribution >= 4 is 5.91 Å². The summed E-state index contributed by atoms with van der Waals surface area (Å²) in [5, 5.41) is 3.31. The van der Waals surface area contributed by atoms with Gasteiger partial charge in [-0.1, -0.05) is 0 Å². The molecule has 1 aliphatic heterocycles. The Morgan fingerprint density at radius 3 is 2.67 bits per heavy atom. The van der Waals surface area contributed by atoms with Crippen LogP contribution in [0.3, 0.4) is 0 Å². The van der Waals surface area contributed by atoms with E-state index in [2.05, 4.69) is 12.2 Å². The van der Waals surface area contributed by atoms with Gasteiger partial charge in [-0.25, -0.2) is 0 Å². The highest BCUT2D eigenvalue weighted by molar-refractivity contribution is 5.79. The van der Waals surface area contributed by atoms with Gasteiger partial charge in [0.2, 0.25) is 5.91 Å². The summed E-state index contributed by atoms with van der Waals surface area (Å²) >= 11 is 0. The summed E-state index contributed by atoms with van der Waals surface area (Å²) in [5.41, 5.74) is 0. The first kappa shape index (κ1) is 10.9. The Hall–Kier alpha value is -0.570. The summed E-state index contributed by atoms with van der Waals surface area (Å²) in [4.78, 5) is 14.1. The Morgan fingerprint density at radius 2 is 2.13 bits per heavy atom. The van der Waals surface area contributed by atoms with E-state index in [0.717, 1.165) is 31.8 Å². The van der Waals surface area contributed by atoms with Crippen molar-refractivity contribution < 1.29 is 4.79 Å². The van der Waals surface area contributed by atoms with E-state index in [1.54, 1.807) is 0 Å². The molecular weight excluding hydrogens is 188 g/mol. The molecule has 2 aliphatic rings. The smallest absolute Gasteiger partial charge is 0.226 e. The molecule has 0 aromatic rings. The lowest BCUT2D eigenvalue weighted by Gasteiger charge is -2.31. The summed E-state index contributed by atoms with van der Waals surface area (Å²) < 4.78 is 0. The number of piperidine rings is 1. The maximum absolute atomic E-state index is 12.2. The van der Waals surface area contributed by atoms with Crippen LogP contribution in [0.5, 0.6) is 0 Å². The monoisotopic (exact) mass is 210 g/mol. The van der Waals surface area contributed by atoms with E-state index in [0.29, 0.717) is 11.9 Å². The van der Waals surface area contributed by atoms with Crippen LogP contribution in [0, 0.1) is 11.8 Å². The van der Waals surface area contributed by atoms with Gasteiger partial charge in [0.25, 0.3) is 0 Å². The summed E-state index contributed by atoms with van der Waals surface area (Å²) in [7, 11) is 1.97. The SMILES string of the molecule is CC(C1CC1)N(C)C(=O)[C@@H]1CCCNC1. The molecule has 0 aromatic carbocycles. The zero-order valence-electron chi connectivity index (χ0n) is 9.83. The maximum Gasteiger partial charge on any atom is 0.226 e. The van der Waals surface area contributed by atoms with Gasteiger partial charge in [0, 0.05) is 19.6 Å². The minimum atomic E-state index is 0.227. The molecule has 15 heavy (non-hydrogen) atoms. The molecule has 1 amide bonds. The quantitative estimate of drug-likeness (QED) is 0.760. The van der Waals surface area contributed by atoms with Crippen LogP contribution in [0.25, 0.3) is 0 Å². The van der Waals surface area contributed by atoms with E-state index >= 15 is 0 Å². The van der Waals surface area contributed by atoms with E-state index in [-0.39, 0.29) is 5.92 Å². The molecule has 2 atom stereocenters. The highest BCUT2D eigenvalue weighted by Crippen LogP contribution is 2.35. The van der Waals surface area contributed by atoms with E-state index < -0.39 is 0 Å². The zero-order valence-corrected chi connectivity index (χ0v) is 9.83. The second-order valence-electron chi connectivity index (χ2n) is 5.07. The predicted octanol–water partition coefficient (Wildman–Crippen LogP) is 1.24. The van der Waals surface area contributed by atoms with Crippen LogP contribution >= 0.6 is 0 Å². The lowest BCUT2D eigenvalue weighted by molar-refractivity contribution is -0.136. The van der Waals surface area contributed by atoms with E-state index in [4.69, 9.17) is 0 Å².